The summed E-state index contributed by atoms with van der Waals surface area (Å²) in [6.07, 6.45) is -2.07. The van der Waals surface area contributed by atoms with Gasteiger partial charge in [-0.3, -0.25) is 4.79 Å². The smallest absolute Gasteiger partial charge is 0.258 e. The Morgan fingerprint density at radius 3 is 2.44 bits per heavy atom. The second-order valence-electron chi connectivity index (χ2n) is 11.3. The number of likely N-dealkylation sites (N-methyl/N-ethyl adjacent to an activating group) is 1. The highest BCUT2D eigenvalue weighted by molar-refractivity contribution is 7.89. The molecule has 4 N–H and O–H groups in total. The Morgan fingerprint density at radius 2 is 1.69 bits per heavy atom. The first kappa shape index (κ1) is 32.2. The van der Waals surface area contributed by atoms with Crippen LogP contribution in [0.15, 0.2) is 89.8 Å². The minimum absolute atomic E-state index is 0.125. The highest BCUT2D eigenvalue weighted by Crippen LogP contribution is 2.36. The van der Waals surface area contributed by atoms with Crippen molar-refractivity contribution < 1.29 is 32.6 Å². The Hall–Kier alpha value is -4.23. The van der Waals surface area contributed by atoms with Crippen LogP contribution in [0, 0.1) is 11.7 Å². The van der Waals surface area contributed by atoms with E-state index in [-0.39, 0.29) is 41.8 Å². The van der Waals surface area contributed by atoms with Crippen LogP contribution in [-0.4, -0.2) is 79.0 Å². The zero-order valence-electron chi connectivity index (χ0n) is 25.2. The van der Waals surface area contributed by atoms with Crippen LogP contribution in [0.1, 0.15) is 24.2 Å². The van der Waals surface area contributed by atoms with Crippen LogP contribution >= 0.6 is 0 Å². The summed E-state index contributed by atoms with van der Waals surface area (Å²) in [5, 5.41) is 29.0. The van der Waals surface area contributed by atoms with E-state index in [1.165, 1.54) is 30.1 Å². The average molecular weight is 637 g/mol. The molecule has 4 aromatic carbocycles. The minimum Gasteiger partial charge on any atom is -0.486 e. The summed E-state index contributed by atoms with van der Waals surface area (Å²) in [5.41, 5.74) is 1.17. The Labute approximate surface area is 262 Å². The predicted octanol–water partition coefficient (Wildman–Crippen LogP) is 4.32. The first-order valence-electron chi connectivity index (χ1n) is 14.6. The molecule has 1 aliphatic rings. The molecule has 0 radical (unpaired) electrons. The molecule has 45 heavy (non-hydrogen) atoms. The predicted molar refractivity (Wildman–Crippen MR) is 171 cm³/mol. The van der Waals surface area contributed by atoms with Gasteiger partial charge in [-0.25, -0.2) is 12.8 Å². The van der Waals surface area contributed by atoms with Gasteiger partial charge in [0.2, 0.25) is 16.4 Å². The third kappa shape index (κ3) is 6.89. The van der Waals surface area contributed by atoms with E-state index < -0.39 is 40.3 Å². The first-order valence-corrected chi connectivity index (χ1v) is 16.1. The van der Waals surface area contributed by atoms with Crippen molar-refractivity contribution >= 4 is 38.1 Å². The fourth-order valence-corrected chi connectivity index (χ4v) is 6.63. The number of aliphatic hydroxyl groups excluding tert-OH is 2. The molecule has 0 spiro atoms. The number of hydrogen-bond donors (Lipinski definition) is 4. The van der Waals surface area contributed by atoms with Crippen molar-refractivity contribution in [2.24, 2.45) is 5.92 Å². The van der Waals surface area contributed by atoms with Gasteiger partial charge in [0.1, 0.15) is 11.9 Å². The third-order valence-electron chi connectivity index (χ3n) is 8.01. The highest BCUT2D eigenvalue weighted by atomic mass is 32.2. The van der Waals surface area contributed by atoms with Crippen molar-refractivity contribution in [3.63, 3.8) is 0 Å². The van der Waals surface area contributed by atoms with Crippen LogP contribution in [0.5, 0.6) is 5.75 Å². The number of fused-ring (bicyclic) bond motifs is 2. The number of rotatable bonds is 10. The van der Waals surface area contributed by atoms with E-state index in [2.05, 4.69) is 10.6 Å². The number of aliphatic hydroxyl groups is 2. The van der Waals surface area contributed by atoms with Crippen LogP contribution in [0.3, 0.4) is 0 Å². The van der Waals surface area contributed by atoms with Crippen LogP contribution in [0.25, 0.3) is 10.8 Å². The molecule has 10 nitrogen and oxygen atoms in total. The molecule has 4 unspecified atom stereocenters. The fraction of sp³-hybridized carbons (Fsp3) is 0.303. The molecule has 5 rings (SSSR count). The summed E-state index contributed by atoms with van der Waals surface area (Å²) < 4.78 is 48.2. The lowest BCUT2D eigenvalue weighted by Crippen LogP contribution is -2.50. The number of nitrogens with one attached hydrogen (secondary N) is 2. The van der Waals surface area contributed by atoms with Gasteiger partial charge >= 0.3 is 0 Å². The molecule has 1 amide bonds. The number of anilines is 2. The SMILES string of the molecule is CC1CN(C(C)CO)C(=O)c2cccc(NC(O)Nc3cccc4ccccc34)c2OC1CN(C)S(=O)(=O)c1cccc(F)c1. The van der Waals surface area contributed by atoms with Gasteiger partial charge in [-0.1, -0.05) is 55.5 Å². The highest BCUT2D eigenvalue weighted by Gasteiger charge is 2.36. The molecule has 0 aliphatic carbocycles. The van der Waals surface area contributed by atoms with Crippen LogP contribution in [0.4, 0.5) is 15.8 Å². The maximum atomic E-state index is 13.9. The van der Waals surface area contributed by atoms with E-state index in [9.17, 15) is 27.8 Å². The van der Waals surface area contributed by atoms with Crippen molar-refractivity contribution in [3.8, 4) is 5.75 Å². The molecular formula is C33H37FN4O6S. The lowest BCUT2D eigenvalue weighted by atomic mass is 9.99. The normalized spacial score (nSPS) is 18.5. The van der Waals surface area contributed by atoms with Gasteiger partial charge in [0.15, 0.2) is 5.75 Å². The van der Waals surface area contributed by atoms with Gasteiger partial charge < -0.3 is 30.5 Å². The van der Waals surface area contributed by atoms with Crippen LogP contribution in [-0.2, 0) is 10.0 Å². The second-order valence-corrected chi connectivity index (χ2v) is 13.3. The number of carbonyl (C=O) groups is 1. The van der Waals surface area contributed by atoms with Gasteiger partial charge in [0, 0.05) is 30.6 Å². The molecule has 0 saturated heterocycles. The number of nitrogens with zero attached hydrogens (tertiary/aromatic N) is 2. The Kier molecular flexibility index (Phi) is 9.59. The number of halogens is 1. The largest absolute Gasteiger partial charge is 0.486 e. The second kappa shape index (κ2) is 13.4. The summed E-state index contributed by atoms with van der Waals surface area (Å²) in [4.78, 5) is 15.1. The molecule has 1 heterocycles. The van der Waals surface area contributed by atoms with E-state index in [1.807, 2.05) is 49.4 Å². The van der Waals surface area contributed by atoms with E-state index >= 15 is 0 Å². The van der Waals surface area contributed by atoms with Gasteiger partial charge in [-0.05, 0) is 48.7 Å². The molecule has 0 aromatic heterocycles. The van der Waals surface area contributed by atoms with Gasteiger partial charge in [-0.2, -0.15) is 4.31 Å². The lowest BCUT2D eigenvalue weighted by Gasteiger charge is -2.38. The zero-order chi connectivity index (χ0) is 32.3. The molecule has 0 saturated carbocycles. The van der Waals surface area contributed by atoms with E-state index in [1.54, 1.807) is 25.1 Å². The summed E-state index contributed by atoms with van der Waals surface area (Å²) in [7, 11) is -2.70. The standard InChI is InChI=1S/C33H37FN4O6S/c1-21-18-38(22(2)20-39)32(40)27-14-8-16-29(36-33(41)35-28-15-6-10-23-9-4-5-13-26(23)28)31(27)44-30(21)19-37(3)45(42,43)25-12-7-11-24(34)17-25/h4-17,21-22,30,33,35-36,39,41H,18-20H2,1-3H3. The summed E-state index contributed by atoms with van der Waals surface area (Å²) in [6.45, 7) is 3.33. The number of sulfonamides is 1. The van der Waals surface area contributed by atoms with Crippen molar-refractivity contribution in [3.05, 3.63) is 96.3 Å². The summed E-state index contributed by atoms with van der Waals surface area (Å²) in [5.74, 6) is -1.32. The molecular weight excluding hydrogens is 599 g/mol. The molecule has 0 fully saturated rings. The average Bonchev–Trinajstić information content (AvgIpc) is 3.02. The maximum absolute atomic E-state index is 13.9. The quantitative estimate of drug-likeness (QED) is 0.190. The number of carbonyl (C=O) groups excluding carboxylic acids is 1. The topological polar surface area (TPSA) is 131 Å². The van der Waals surface area contributed by atoms with Crippen LogP contribution in [0.2, 0.25) is 0 Å². The first-order chi connectivity index (χ1) is 21.5. The number of amides is 1. The molecule has 1 aliphatic heterocycles. The summed E-state index contributed by atoms with van der Waals surface area (Å²) >= 11 is 0. The number of para-hydroxylation sites is 1. The minimum atomic E-state index is -4.08. The molecule has 238 valence electrons. The van der Waals surface area contributed by atoms with E-state index in [0.29, 0.717) is 11.4 Å². The molecule has 0 bridgehead atoms. The van der Waals surface area contributed by atoms with Crippen molar-refractivity contribution in [2.45, 2.75) is 37.2 Å². The number of benzene rings is 4. The maximum Gasteiger partial charge on any atom is 0.258 e. The molecule has 12 heteroatoms. The van der Waals surface area contributed by atoms with Gasteiger partial charge in [0.25, 0.3) is 5.91 Å². The monoisotopic (exact) mass is 636 g/mol. The van der Waals surface area contributed by atoms with Crippen molar-refractivity contribution in [1.29, 1.82) is 0 Å². The van der Waals surface area contributed by atoms with E-state index in [4.69, 9.17) is 4.74 Å². The van der Waals surface area contributed by atoms with Gasteiger partial charge in [0.05, 0.1) is 35.3 Å². The summed E-state index contributed by atoms with van der Waals surface area (Å²) in [6, 6.07) is 22.5. The Morgan fingerprint density at radius 1 is 1.02 bits per heavy atom. The molecule has 4 atom stereocenters. The van der Waals surface area contributed by atoms with Crippen molar-refractivity contribution in [1.82, 2.24) is 9.21 Å². The van der Waals surface area contributed by atoms with Crippen molar-refractivity contribution in [2.75, 3.05) is 37.4 Å². The lowest BCUT2D eigenvalue weighted by molar-refractivity contribution is 0.0388. The van der Waals surface area contributed by atoms with E-state index in [0.717, 1.165) is 21.1 Å². The molecule has 4 aromatic rings. The Balaban J connectivity index is 1.48. The zero-order valence-corrected chi connectivity index (χ0v) is 26.0. The Bertz CT molecular complexity index is 1780. The third-order valence-corrected chi connectivity index (χ3v) is 9.83. The van der Waals surface area contributed by atoms with Gasteiger partial charge in [-0.15, -0.1) is 0 Å². The fourth-order valence-electron chi connectivity index (χ4n) is 5.42. The number of hydrogen-bond acceptors (Lipinski definition) is 8. The number of ether oxygens (including phenoxy) is 1. The van der Waals surface area contributed by atoms with Crippen LogP contribution < -0.4 is 15.4 Å².